The Morgan fingerprint density at radius 3 is 1.61 bits per heavy atom. The number of para-hydroxylation sites is 2. The molecule has 0 unspecified atom stereocenters. The van der Waals surface area contributed by atoms with Crippen molar-refractivity contribution in [2.45, 2.75) is 0 Å². The molecule has 0 atom stereocenters. The lowest BCUT2D eigenvalue weighted by Crippen LogP contribution is -2.07. The Labute approximate surface area is 297 Å². The molecule has 0 saturated carbocycles. The zero-order valence-corrected chi connectivity index (χ0v) is 25.9. The van der Waals surface area contributed by atoms with Crippen molar-refractivity contribution in [1.29, 1.82) is 0 Å². The zero-order chi connectivity index (χ0) is 40.4. The molecule has 0 saturated heterocycles. The summed E-state index contributed by atoms with van der Waals surface area (Å²) in [4.78, 5) is 15.1. The van der Waals surface area contributed by atoms with Crippen molar-refractivity contribution in [2.24, 2.45) is 0 Å². The molecule has 0 aliphatic carbocycles. The molecule has 0 N–H and O–H groups in total. The van der Waals surface area contributed by atoms with Crippen LogP contribution in [0.2, 0.25) is 0 Å². The van der Waals surface area contributed by atoms with Gasteiger partial charge in [0.1, 0.15) is 0 Å². The molecule has 0 fully saturated rings. The van der Waals surface area contributed by atoms with Gasteiger partial charge in [0.25, 0.3) is 0 Å². The van der Waals surface area contributed by atoms with Crippen molar-refractivity contribution in [2.75, 3.05) is 0 Å². The minimum atomic E-state index is -0.548. The summed E-state index contributed by atoms with van der Waals surface area (Å²) in [6, 6.07) is 36.1. The molecular formula is C45H30N4. The molecule has 4 heteroatoms. The largest absolute Gasteiger partial charge is 0.277 e. The molecule has 9 rings (SSSR count). The van der Waals surface area contributed by atoms with Crippen LogP contribution in [0.15, 0.2) is 182 Å². The monoisotopic (exact) mass is 635 g/mol. The second kappa shape index (κ2) is 12.2. The van der Waals surface area contributed by atoms with E-state index in [0.29, 0.717) is 16.5 Å². The van der Waals surface area contributed by atoms with E-state index in [1.54, 1.807) is 18.2 Å². The maximum Gasteiger partial charge on any atom is 0.238 e. The van der Waals surface area contributed by atoms with Gasteiger partial charge < -0.3 is 0 Å². The zero-order valence-electron chi connectivity index (χ0n) is 34.9. The topological polar surface area (TPSA) is 43.6 Å². The maximum absolute atomic E-state index is 9.24. The smallest absolute Gasteiger partial charge is 0.238 e. The van der Waals surface area contributed by atoms with Crippen LogP contribution in [0.3, 0.4) is 0 Å². The molecule has 0 aliphatic heterocycles. The predicted octanol–water partition coefficient (Wildman–Crippen LogP) is 11.3. The first-order valence-corrected chi connectivity index (χ1v) is 15.7. The van der Waals surface area contributed by atoms with Gasteiger partial charge >= 0.3 is 0 Å². The van der Waals surface area contributed by atoms with Gasteiger partial charge in [-0.1, -0.05) is 158 Å². The highest BCUT2D eigenvalue weighted by Crippen LogP contribution is 2.38. The van der Waals surface area contributed by atoms with Gasteiger partial charge in [-0.05, 0) is 52.1 Å². The fourth-order valence-corrected chi connectivity index (χ4v) is 6.21. The first kappa shape index (κ1) is 20.6. The summed E-state index contributed by atoms with van der Waals surface area (Å²) in [5.41, 5.74) is 5.46. The number of hydrogen-bond acceptors (Lipinski definition) is 3. The highest BCUT2D eigenvalue weighted by atomic mass is 15.2. The van der Waals surface area contributed by atoms with Gasteiger partial charge in [0.05, 0.1) is 23.4 Å². The lowest BCUT2D eigenvalue weighted by Gasteiger charge is -2.14. The van der Waals surface area contributed by atoms with Crippen LogP contribution in [0.1, 0.15) is 12.3 Å². The number of nitrogens with zero attached hydrogens (tertiary/aromatic N) is 4. The molecule has 9 aromatic rings. The fourth-order valence-electron chi connectivity index (χ4n) is 6.21. The molecule has 0 radical (unpaired) electrons. The number of rotatable bonds is 6. The summed E-state index contributed by atoms with van der Waals surface area (Å²) in [5, 5.41) is 0.517. The lowest BCUT2D eigenvalue weighted by atomic mass is 9.96. The van der Waals surface area contributed by atoms with E-state index in [0.717, 1.165) is 22.3 Å². The van der Waals surface area contributed by atoms with Gasteiger partial charge in [0.2, 0.25) is 5.95 Å². The fraction of sp³-hybridized carbons (Fsp3) is 0. The van der Waals surface area contributed by atoms with Crippen LogP contribution in [0, 0.1) is 0 Å². The van der Waals surface area contributed by atoms with E-state index in [1.807, 2.05) is 103 Å². The van der Waals surface area contributed by atoms with E-state index in [4.69, 9.17) is 25.9 Å². The Morgan fingerprint density at radius 1 is 0.408 bits per heavy atom. The second-order valence-corrected chi connectivity index (χ2v) is 11.4. The van der Waals surface area contributed by atoms with E-state index in [9.17, 15) is 1.37 Å². The minimum absolute atomic E-state index is 0.0000701. The molecule has 0 spiro atoms. The van der Waals surface area contributed by atoms with Gasteiger partial charge in [-0.15, -0.1) is 0 Å². The third-order valence-corrected chi connectivity index (χ3v) is 8.45. The summed E-state index contributed by atoms with van der Waals surface area (Å²) in [5.74, 6) is 0.554. The van der Waals surface area contributed by atoms with E-state index < -0.39 is 42.3 Å². The summed E-state index contributed by atoms with van der Waals surface area (Å²) < 4.78 is 80.3. The summed E-state index contributed by atoms with van der Waals surface area (Å²) in [6.45, 7) is 0. The van der Waals surface area contributed by atoms with Crippen LogP contribution in [0.4, 0.5) is 0 Å². The van der Waals surface area contributed by atoms with E-state index >= 15 is 0 Å². The van der Waals surface area contributed by atoms with Crippen LogP contribution in [-0.4, -0.2) is 19.5 Å². The van der Waals surface area contributed by atoms with Crippen LogP contribution >= 0.6 is 0 Å². The third-order valence-electron chi connectivity index (χ3n) is 8.45. The minimum Gasteiger partial charge on any atom is -0.277 e. The molecule has 4 nitrogen and oxygen atoms in total. The van der Waals surface area contributed by atoms with Crippen molar-refractivity contribution in [3.63, 3.8) is 0 Å². The third kappa shape index (κ3) is 5.26. The van der Waals surface area contributed by atoms with E-state index in [1.165, 1.54) is 4.57 Å². The Balaban J connectivity index is 1.44. The SMILES string of the molecule is [2H]c1c([2H])c([2H])c(-c2cccc3c4c([2H])c([2H])c([2H])c([2H])c4n(-c4nc(-c5ccccc5)nc(-c5cc(-c6ccccc6)cc(-c6ccccc6)c5)n4)c23)c([2H])c1[2H]. The summed E-state index contributed by atoms with van der Waals surface area (Å²) in [6.07, 6.45) is 0. The number of aromatic nitrogens is 4. The van der Waals surface area contributed by atoms with Gasteiger partial charge in [0.15, 0.2) is 11.6 Å². The highest BCUT2D eigenvalue weighted by Gasteiger charge is 2.21. The van der Waals surface area contributed by atoms with Crippen molar-refractivity contribution < 1.29 is 12.3 Å². The Hall–Kier alpha value is -6.65. The Kier molecular flexibility index (Phi) is 5.11. The van der Waals surface area contributed by atoms with Gasteiger partial charge in [-0.3, -0.25) is 4.57 Å². The summed E-state index contributed by atoms with van der Waals surface area (Å²) in [7, 11) is 0. The average molecular weight is 636 g/mol. The predicted molar refractivity (Wildman–Crippen MR) is 201 cm³/mol. The highest BCUT2D eigenvalue weighted by molar-refractivity contribution is 6.13. The first-order chi connectivity index (χ1) is 28.0. The van der Waals surface area contributed by atoms with Crippen molar-refractivity contribution in [3.8, 4) is 62.1 Å². The quantitative estimate of drug-likeness (QED) is 0.183. The molecular weight excluding hydrogens is 597 g/mol. The number of benzene rings is 7. The van der Waals surface area contributed by atoms with Crippen LogP contribution in [0.5, 0.6) is 0 Å². The number of fused-ring (bicyclic) bond motifs is 3. The lowest BCUT2D eigenvalue weighted by molar-refractivity contribution is 0.954. The molecule has 0 bridgehead atoms. The van der Waals surface area contributed by atoms with Crippen LogP contribution < -0.4 is 0 Å². The molecule has 0 amide bonds. The van der Waals surface area contributed by atoms with E-state index in [-0.39, 0.29) is 57.2 Å². The molecule has 230 valence electrons. The van der Waals surface area contributed by atoms with Crippen molar-refractivity contribution >= 4 is 21.8 Å². The van der Waals surface area contributed by atoms with E-state index in [2.05, 4.69) is 6.07 Å². The molecule has 0 aliphatic rings. The van der Waals surface area contributed by atoms with Gasteiger partial charge in [-0.25, -0.2) is 4.98 Å². The Bertz CT molecular complexity index is 3010. The van der Waals surface area contributed by atoms with Crippen molar-refractivity contribution in [1.82, 2.24) is 19.5 Å². The molecule has 49 heavy (non-hydrogen) atoms. The van der Waals surface area contributed by atoms with Crippen molar-refractivity contribution in [3.05, 3.63) is 182 Å². The maximum atomic E-state index is 9.24. The summed E-state index contributed by atoms with van der Waals surface area (Å²) >= 11 is 0. The average Bonchev–Trinajstić information content (AvgIpc) is 3.63. The number of hydrogen-bond donors (Lipinski definition) is 0. The van der Waals surface area contributed by atoms with Crippen LogP contribution in [-0.2, 0) is 0 Å². The Morgan fingerprint density at radius 2 is 0.959 bits per heavy atom. The molecule has 7 aromatic carbocycles. The standard InChI is InChI=1S/C45H30N4/c1-5-16-31(17-6-1)35-28-36(32-18-7-2-8-19-32)30-37(29-35)44-46-43(34-22-11-4-12-23-34)47-45(48-44)49-41-27-14-13-24-39(41)40-26-15-25-38(42(40)49)33-20-9-3-10-21-33/h1-30H/i3D,9D,10D,13D,14D,20D,21D,24D,27D. The van der Waals surface area contributed by atoms with Crippen LogP contribution in [0.25, 0.3) is 83.9 Å². The second-order valence-electron chi connectivity index (χ2n) is 11.4. The molecule has 2 heterocycles. The first-order valence-electron chi connectivity index (χ1n) is 20.2. The normalized spacial score (nSPS) is 13.8. The van der Waals surface area contributed by atoms with Gasteiger partial charge in [0, 0.05) is 27.5 Å². The van der Waals surface area contributed by atoms with Gasteiger partial charge in [-0.2, -0.15) is 9.97 Å². The molecule has 2 aromatic heterocycles.